The topological polar surface area (TPSA) is 103 Å². The van der Waals surface area contributed by atoms with E-state index in [-0.39, 0.29) is 11.0 Å². The highest BCUT2D eigenvalue weighted by Crippen LogP contribution is 2.40. The molecule has 2 atom stereocenters. The van der Waals surface area contributed by atoms with Crippen LogP contribution in [0, 0.1) is 5.92 Å². The lowest BCUT2D eigenvalue weighted by Crippen LogP contribution is -2.56. The summed E-state index contributed by atoms with van der Waals surface area (Å²) in [5.74, 6) is -1.15. The fourth-order valence-electron chi connectivity index (χ4n) is 3.90. The summed E-state index contributed by atoms with van der Waals surface area (Å²) < 4.78 is 17.0. The smallest absolute Gasteiger partial charge is 0.398 e. The van der Waals surface area contributed by atoms with Crippen molar-refractivity contribution in [3.8, 4) is 11.5 Å². The van der Waals surface area contributed by atoms with Crippen molar-refractivity contribution >= 4 is 26.1 Å². The molecule has 8 nitrogen and oxygen atoms in total. The van der Waals surface area contributed by atoms with Crippen LogP contribution in [0.3, 0.4) is 0 Å². The van der Waals surface area contributed by atoms with Crippen LogP contribution in [0.15, 0.2) is 48.5 Å². The Balaban J connectivity index is 1.78. The van der Waals surface area contributed by atoms with Gasteiger partial charge in [-0.15, -0.1) is 0 Å². The number of hydrogen-bond donors (Lipinski definition) is 2. The first kappa shape index (κ1) is 27.4. The predicted molar refractivity (Wildman–Crippen MR) is 139 cm³/mol. The molecule has 1 aliphatic rings. The monoisotopic (exact) mass is 512 g/mol. The van der Waals surface area contributed by atoms with Crippen LogP contribution in [0.4, 0.5) is 0 Å². The van der Waals surface area contributed by atoms with Crippen LogP contribution in [0.25, 0.3) is 0 Å². The summed E-state index contributed by atoms with van der Waals surface area (Å²) in [5, 5.41) is -0.114. The number of hydrazine groups is 1. The number of methoxy groups -OCH3 is 1. The number of rotatable bonds is 6. The number of amides is 2. The Labute approximate surface area is 213 Å². The fourth-order valence-corrected chi connectivity index (χ4v) is 5.19. The third-order valence-corrected chi connectivity index (χ3v) is 11.5. The van der Waals surface area contributed by atoms with Gasteiger partial charge in [0.05, 0.1) is 7.11 Å². The van der Waals surface area contributed by atoms with E-state index >= 15 is 0 Å². The molecular weight excluding hydrogens is 476 g/mol. The Morgan fingerprint density at radius 1 is 0.972 bits per heavy atom. The van der Waals surface area contributed by atoms with E-state index in [1.165, 1.54) is 5.56 Å². The average Bonchev–Trinajstić information content (AvgIpc) is 2.84. The number of aryl methyl sites for hydroxylation is 1. The van der Waals surface area contributed by atoms with E-state index in [4.69, 9.17) is 9.16 Å². The summed E-state index contributed by atoms with van der Waals surface area (Å²) in [4.78, 5) is 36.5. The maximum atomic E-state index is 13.2. The van der Waals surface area contributed by atoms with Crippen LogP contribution in [0.2, 0.25) is 18.1 Å². The molecule has 0 bridgehead atoms. The molecule has 0 radical (unpaired) electrons. The fraction of sp³-hybridized carbons (Fsp3) is 0.444. The summed E-state index contributed by atoms with van der Waals surface area (Å²) in [7, 11) is -1.23. The highest BCUT2D eigenvalue weighted by Gasteiger charge is 2.43. The lowest BCUT2D eigenvalue weighted by molar-refractivity contribution is -0.154. The molecule has 0 heterocycles. The molecule has 0 aliphatic heterocycles. The molecule has 0 saturated carbocycles. The molecule has 194 valence electrons. The summed E-state index contributed by atoms with van der Waals surface area (Å²) in [5.41, 5.74) is 6.83. The minimum absolute atomic E-state index is 0.0949. The first-order valence-corrected chi connectivity index (χ1v) is 15.0. The number of esters is 1. The Hall–Kier alpha value is -3.17. The molecule has 0 aromatic heterocycles. The molecule has 2 N–H and O–H groups in total. The highest BCUT2D eigenvalue weighted by molar-refractivity contribution is 6.74. The average molecular weight is 513 g/mol. The van der Waals surface area contributed by atoms with Crippen LogP contribution in [0.1, 0.15) is 38.3 Å². The molecule has 3 rings (SSSR count). The quantitative estimate of drug-likeness (QED) is 0.259. The maximum absolute atomic E-state index is 13.2. The Morgan fingerprint density at radius 3 is 2.31 bits per heavy atom. The summed E-state index contributed by atoms with van der Waals surface area (Å²) >= 11 is 0. The zero-order chi connectivity index (χ0) is 26.5. The molecule has 2 unspecified atom stereocenters. The van der Waals surface area contributed by atoms with Gasteiger partial charge < -0.3 is 13.9 Å². The lowest BCUT2D eigenvalue weighted by atomic mass is 9.80. The number of carbonyl (C=O) groups is 3. The second-order valence-electron chi connectivity index (χ2n) is 10.6. The number of ether oxygens (including phenoxy) is 2. The van der Waals surface area contributed by atoms with Crippen molar-refractivity contribution in [2.75, 3.05) is 7.11 Å². The van der Waals surface area contributed by atoms with E-state index in [1.54, 1.807) is 0 Å². The van der Waals surface area contributed by atoms with E-state index in [2.05, 4.69) is 55.5 Å². The molecule has 0 spiro atoms. The number of para-hydroxylation sites is 1. The molecule has 0 saturated heterocycles. The minimum atomic E-state index is -2.33. The van der Waals surface area contributed by atoms with Crippen LogP contribution in [0.5, 0.6) is 11.5 Å². The van der Waals surface area contributed by atoms with Crippen molar-refractivity contribution in [3.05, 3.63) is 59.7 Å². The van der Waals surface area contributed by atoms with Crippen molar-refractivity contribution in [1.82, 2.24) is 10.9 Å². The van der Waals surface area contributed by atoms with Crippen LogP contribution >= 0.6 is 0 Å². The Kier molecular flexibility index (Phi) is 8.57. The van der Waals surface area contributed by atoms with Crippen molar-refractivity contribution in [2.45, 2.75) is 64.3 Å². The van der Waals surface area contributed by atoms with Gasteiger partial charge in [0.25, 0.3) is 5.91 Å². The van der Waals surface area contributed by atoms with E-state index < -0.39 is 32.2 Å². The molecule has 1 aliphatic carbocycles. The van der Waals surface area contributed by atoms with Gasteiger partial charge in [0.1, 0.15) is 17.6 Å². The minimum Gasteiger partial charge on any atom is -0.462 e. The van der Waals surface area contributed by atoms with Gasteiger partial charge in [0, 0.05) is 0 Å². The maximum Gasteiger partial charge on any atom is 0.398 e. The standard InChI is InChI=1S/C27H36N2O6Si/c1-27(2,3)36(5,6)35-23(24(30)28-29-25(31)26(32)33-4)20-13-12-19-17-22(15-14-18(19)16-20)34-21-10-8-7-9-11-21/h7-11,14-15,17,20,23H,12-13,16H2,1-6H3,(H,28,30)(H,29,31). The number of benzene rings is 2. The van der Waals surface area contributed by atoms with Crippen molar-refractivity contribution in [3.63, 3.8) is 0 Å². The first-order valence-electron chi connectivity index (χ1n) is 12.1. The largest absolute Gasteiger partial charge is 0.462 e. The van der Waals surface area contributed by atoms with Gasteiger partial charge in [-0.3, -0.25) is 20.4 Å². The van der Waals surface area contributed by atoms with Crippen molar-refractivity contribution in [2.24, 2.45) is 5.92 Å². The van der Waals surface area contributed by atoms with Crippen LogP contribution in [-0.4, -0.2) is 39.3 Å². The van der Waals surface area contributed by atoms with Gasteiger partial charge in [0.15, 0.2) is 8.32 Å². The highest BCUT2D eigenvalue weighted by atomic mass is 28.4. The lowest BCUT2D eigenvalue weighted by Gasteiger charge is -2.41. The summed E-state index contributed by atoms with van der Waals surface area (Å²) in [6, 6.07) is 15.7. The molecule has 2 amide bonds. The van der Waals surface area contributed by atoms with Gasteiger partial charge in [-0.1, -0.05) is 45.0 Å². The van der Waals surface area contributed by atoms with E-state index in [1.807, 2.05) is 42.5 Å². The molecule has 36 heavy (non-hydrogen) atoms. The van der Waals surface area contributed by atoms with Gasteiger partial charge in [-0.2, -0.15) is 0 Å². The third kappa shape index (κ3) is 6.73. The second-order valence-corrected chi connectivity index (χ2v) is 15.3. The molecule has 0 fully saturated rings. The number of carbonyl (C=O) groups excluding carboxylic acids is 3. The first-order chi connectivity index (χ1) is 16.9. The third-order valence-electron chi connectivity index (χ3n) is 7.01. The van der Waals surface area contributed by atoms with Crippen molar-refractivity contribution < 1.29 is 28.3 Å². The van der Waals surface area contributed by atoms with Crippen molar-refractivity contribution in [1.29, 1.82) is 0 Å². The van der Waals surface area contributed by atoms with E-state index in [0.29, 0.717) is 6.42 Å². The van der Waals surface area contributed by atoms with Gasteiger partial charge in [-0.05, 0) is 78.7 Å². The van der Waals surface area contributed by atoms with Gasteiger partial charge >= 0.3 is 11.9 Å². The molecule has 2 aromatic rings. The number of nitrogens with one attached hydrogen (secondary N) is 2. The predicted octanol–water partition coefficient (Wildman–Crippen LogP) is 4.29. The molecular formula is C27H36N2O6Si. The Morgan fingerprint density at radius 2 is 1.67 bits per heavy atom. The van der Waals surface area contributed by atoms with E-state index in [0.717, 1.165) is 37.0 Å². The zero-order valence-corrected chi connectivity index (χ0v) is 22.8. The Bertz CT molecular complexity index is 1100. The zero-order valence-electron chi connectivity index (χ0n) is 21.8. The summed E-state index contributed by atoms with van der Waals surface area (Å²) in [6.07, 6.45) is 1.38. The normalized spacial score (nSPS) is 16.3. The molecule has 2 aromatic carbocycles. The second kappa shape index (κ2) is 11.3. The number of hydrogen-bond acceptors (Lipinski definition) is 6. The SMILES string of the molecule is COC(=O)C(=O)NNC(=O)C(O[Si](C)(C)C(C)(C)C)C1CCc2cc(Oc3ccccc3)ccc2C1. The number of fused-ring (bicyclic) bond motifs is 1. The van der Waals surface area contributed by atoms with Crippen LogP contribution in [-0.2, 0) is 36.4 Å². The molecule has 9 heteroatoms. The van der Waals surface area contributed by atoms with Crippen LogP contribution < -0.4 is 15.6 Å². The van der Waals surface area contributed by atoms with Gasteiger partial charge in [0.2, 0.25) is 0 Å². The van der Waals surface area contributed by atoms with Gasteiger partial charge in [-0.25, -0.2) is 4.79 Å². The summed E-state index contributed by atoms with van der Waals surface area (Å²) in [6.45, 7) is 10.5. The van der Waals surface area contributed by atoms with E-state index in [9.17, 15) is 14.4 Å².